The van der Waals surface area contributed by atoms with Crippen LogP contribution in [0.4, 0.5) is 0 Å². The van der Waals surface area contributed by atoms with Crippen molar-refractivity contribution in [1.82, 2.24) is 0 Å². The molecule has 0 unspecified atom stereocenters. The normalized spacial score (nSPS) is 8.61. The Hall–Kier alpha value is -0.497. The van der Waals surface area contributed by atoms with Gasteiger partial charge in [0, 0.05) is 0 Å². The van der Waals surface area contributed by atoms with E-state index in [1.54, 1.807) is 12.1 Å². The van der Waals surface area contributed by atoms with E-state index >= 15 is 0 Å². The Morgan fingerprint density at radius 3 is 1.04 bits per heavy atom. The summed E-state index contributed by atoms with van der Waals surface area (Å²) < 4.78 is 0. The van der Waals surface area contributed by atoms with E-state index in [0.717, 1.165) is 33.4 Å². The number of halogens is 2. The molecule has 0 atom stereocenters. The van der Waals surface area contributed by atoms with Crippen molar-refractivity contribution in [2.24, 2.45) is 0 Å². The number of hydrogen-bond acceptors (Lipinski definition) is 2. The zero-order valence-electron chi connectivity index (χ0n) is 14.5. The standard InChI is InChI=1S/2C9H12O.2ClH.Zr/c2*1-6-4-7(2)8(3)9(10)5-6;;;/h2*4-5,10H,1-3H3;2*1H;/q;;;;+2/p-2. The molecule has 0 amide bonds. The zero-order valence-corrected chi connectivity index (χ0v) is 18.4. The van der Waals surface area contributed by atoms with E-state index in [1.807, 2.05) is 41.5 Å². The predicted octanol–water partition coefficient (Wildman–Crippen LogP) is -1.36. The molecule has 0 bridgehead atoms. The molecule has 0 radical (unpaired) electrons. The van der Waals surface area contributed by atoms with Gasteiger partial charge in [-0.05, 0) is 87.1 Å². The molecule has 0 fully saturated rings. The second-order valence-corrected chi connectivity index (χ2v) is 5.45. The fourth-order valence-corrected chi connectivity index (χ4v) is 2.03. The van der Waals surface area contributed by atoms with Crippen LogP contribution in [0.1, 0.15) is 33.4 Å². The fraction of sp³-hybridized carbons (Fsp3) is 0.333. The van der Waals surface area contributed by atoms with Gasteiger partial charge in [-0.1, -0.05) is 12.1 Å². The van der Waals surface area contributed by atoms with E-state index in [0.29, 0.717) is 11.5 Å². The summed E-state index contributed by atoms with van der Waals surface area (Å²) in [5.41, 5.74) is 6.48. The second-order valence-electron chi connectivity index (χ2n) is 5.45. The molecule has 0 aromatic heterocycles. The summed E-state index contributed by atoms with van der Waals surface area (Å²) in [6, 6.07) is 7.69. The molecule has 2 rings (SSSR count). The summed E-state index contributed by atoms with van der Waals surface area (Å²) in [5.74, 6) is 0.801. The van der Waals surface area contributed by atoms with Gasteiger partial charge in [-0.25, -0.2) is 0 Å². The average molecular weight is 435 g/mol. The summed E-state index contributed by atoms with van der Waals surface area (Å²) in [5, 5.41) is 18.6. The van der Waals surface area contributed by atoms with Crippen LogP contribution in [-0.4, -0.2) is 10.2 Å². The minimum Gasteiger partial charge on any atom is -1.00 e. The minimum atomic E-state index is 0. The molecule has 0 spiro atoms. The van der Waals surface area contributed by atoms with Gasteiger partial charge >= 0.3 is 26.2 Å². The third-order valence-electron chi connectivity index (χ3n) is 3.57. The Balaban J connectivity index is -0.000000308. The summed E-state index contributed by atoms with van der Waals surface area (Å²) in [6.07, 6.45) is 0. The van der Waals surface area contributed by atoms with Gasteiger partial charge in [0.15, 0.2) is 0 Å². The zero-order chi connectivity index (χ0) is 15.4. The summed E-state index contributed by atoms with van der Waals surface area (Å²) in [6.45, 7) is 11.8. The van der Waals surface area contributed by atoms with Gasteiger partial charge in [-0.15, -0.1) is 0 Å². The Morgan fingerprint density at radius 1 is 0.565 bits per heavy atom. The van der Waals surface area contributed by atoms with Crippen LogP contribution in [0.2, 0.25) is 0 Å². The average Bonchev–Trinajstić information content (AvgIpc) is 2.33. The first-order valence-electron chi connectivity index (χ1n) is 6.76. The molecular weight excluding hydrogens is 410 g/mol. The second kappa shape index (κ2) is 12.0. The third-order valence-corrected chi connectivity index (χ3v) is 3.57. The van der Waals surface area contributed by atoms with Crippen molar-refractivity contribution in [2.45, 2.75) is 41.5 Å². The maximum absolute atomic E-state index is 9.28. The Labute approximate surface area is 171 Å². The number of aryl methyl sites for hydroxylation is 4. The summed E-state index contributed by atoms with van der Waals surface area (Å²) in [4.78, 5) is 0. The smallest absolute Gasteiger partial charge is 1.00 e. The maximum atomic E-state index is 9.28. The summed E-state index contributed by atoms with van der Waals surface area (Å²) in [7, 11) is 0. The molecule has 2 aromatic carbocycles. The molecule has 0 aliphatic rings. The molecule has 0 aliphatic carbocycles. The maximum Gasteiger partial charge on any atom is 2.00 e. The molecule has 0 aliphatic heterocycles. The van der Waals surface area contributed by atoms with E-state index in [-0.39, 0.29) is 51.0 Å². The van der Waals surface area contributed by atoms with E-state index in [9.17, 15) is 10.2 Å². The van der Waals surface area contributed by atoms with Crippen LogP contribution < -0.4 is 24.8 Å². The van der Waals surface area contributed by atoms with Gasteiger partial charge in [-0.2, -0.15) is 0 Å². The molecule has 126 valence electrons. The number of hydrogen-bond donors (Lipinski definition) is 2. The Kier molecular flexibility index (Phi) is 14.2. The summed E-state index contributed by atoms with van der Waals surface area (Å²) >= 11 is 0. The van der Waals surface area contributed by atoms with Gasteiger partial charge in [0.1, 0.15) is 11.5 Å². The number of phenols is 2. The number of aromatic hydroxyl groups is 2. The van der Waals surface area contributed by atoms with Gasteiger partial charge in [0.2, 0.25) is 0 Å². The Bertz CT molecular complexity index is 527. The monoisotopic (exact) mass is 432 g/mol. The predicted molar refractivity (Wildman–Crippen MR) is 84.6 cm³/mol. The Morgan fingerprint density at radius 2 is 0.826 bits per heavy atom. The third kappa shape index (κ3) is 8.24. The van der Waals surface area contributed by atoms with Crippen LogP contribution in [0.25, 0.3) is 0 Å². The molecule has 5 heteroatoms. The largest absolute Gasteiger partial charge is 2.00 e. The van der Waals surface area contributed by atoms with E-state index in [1.165, 1.54) is 0 Å². The molecule has 2 N–H and O–H groups in total. The van der Waals surface area contributed by atoms with E-state index < -0.39 is 0 Å². The molecule has 0 heterocycles. The first-order valence-corrected chi connectivity index (χ1v) is 6.76. The van der Waals surface area contributed by atoms with Crippen molar-refractivity contribution in [3.8, 4) is 11.5 Å². The van der Waals surface area contributed by atoms with Gasteiger partial charge in [0.05, 0.1) is 0 Å². The minimum absolute atomic E-state index is 0. The molecule has 23 heavy (non-hydrogen) atoms. The SMILES string of the molecule is Cc1cc(C)c(C)c(O)c1.Cc1cc(C)c(C)c(O)c1.[Cl-].[Cl-].[Zr+2]. The van der Waals surface area contributed by atoms with Crippen molar-refractivity contribution in [3.05, 3.63) is 57.6 Å². The topological polar surface area (TPSA) is 40.5 Å². The quantitative estimate of drug-likeness (QED) is 0.538. The fourth-order valence-electron chi connectivity index (χ4n) is 2.03. The van der Waals surface area contributed by atoms with Crippen LogP contribution in [0.5, 0.6) is 11.5 Å². The number of phenolic OH excluding ortho intramolecular Hbond substituents is 2. The van der Waals surface area contributed by atoms with E-state index in [4.69, 9.17) is 0 Å². The van der Waals surface area contributed by atoms with Crippen LogP contribution in [0.3, 0.4) is 0 Å². The molecule has 2 aromatic rings. The number of benzene rings is 2. The van der Waals surface area contributed by atoms with Gasteiger partial charge in [-0.3, -0.25) is 0 Å². The number of rotatable bonds is 0. The first-order chi connectivity index (χ1) is 9.22. The van der Waals surface area contributed by atoms with Crippen molar-refractivity contribution < 1.29 is 61.2 Å². The van der Waals surface area contributed by atoms with Crippen LogP contribution in [-0.2, 0) is 26.2 Å². The van der Waals surface area contributed by atoms with Crippen molar-refractivity contribution in [3.63, 3.8) is 0 Å². The molecule has 0 saturated heterocycles. The molecule has 0 saturated carbocycles. The molecular formula is C18H24Cl2O2Zr. The van der Waals surface area contributed by atoms with Gasteiger partial charge < -0.3 is 35.0 Å². The van der Waals surface area contributed by atoms with Crippen LogP contribution in [0, 0.1) is 41.5 Å². The van der Waals surface area contributed by atoms with Crippen molar-refractivity contribution in [1.29, 1.82) is 0 Å². The first kappa shape index (κ1) is 27.4. The van der Waals surface area contributed by atoms with Crippen molar-refractivity contribution in [2.75, 3.05) is 0 Å². The van der Waals surface area contributed by atoms with E-state index in [2.05, 4.69) is 12.1 Å². The molecule has 2 nitrogen and oxygen atoms in total. The van der Waals surface area contributed by atoms with Crippen LogP contribution >= 0.6 is 0 Å². The van der Waals surface area contributed by atoms with Gasteiger partial charge in [0.25, 0.3) is 0 Å². The van der Waals surface area contributed by atoms with Crippen molar-refractivity contribution >= 4 is 0 Å². The van der Waals surface area contributed by atoms with Crippen LogP contribution in [0.15, 0.2) is 24.3 Å².